The number of carbonyl (C=O) groups excluding carboxylic acids is 1. The number of aromatic nitrogens is 4. The molecule has 2 heterocycles. The molecule has 3 aromatic rings. The van der Waals surface area contributed by atoms with E-state index >= 15 is 0 Å². The van der Waals surface area contributed by atoms with E-state index in [2.05, 4.69) is 39.7 Å². The van der Waals surface area contributed by atoms with E-state index in [-0.39, 0.29) is 5.91 Å². The lowest BCUT2D eigenvalue weighted by molar-refractivity contribution is -0.119. The van der Waals surface area contributed by atoms with Crippen LogP contribution in [0.2, 0.25) is 0 Å². The Labute approximate surface area is 181 Å². The fourth-order valence-electron chi connectivity index (χ4n) is 3.80. The molecule has 0 fully saturated rings. The first-order valence-corrected chi connectivity index (χ1v) is 10.3. The van der Waals surface area contributed by atoms with E-state index in [1.807, 2.05) is 56.3 Å². The highest BCUT2D eigenvalue weighted by molar-refractivity contribution is 5.96. The third-order valence-electron chi connectivity index (χ3n) is 5.34. The van der Waals surface area contributed by atoms with Gasteiger partial charge in [-0.15, -0.1) is 0 Å². The summed E-state index contributed by atoms with van der Waals surface area (Å²) < 4.78 is 7.32. The largest absolute Gasteiger partial charge is 0.494 e. The molecular weight excluding hydrogens is 392 g/mol. The highest BCUT2D eigenvalue weighted by Crippen LogP contribution is 2.38. The number of benzene rings is 2. The molecule has 160 valence electrons. The Kier molecular flexibility index (Phi) is 5.70. The molecule has 0 spiro atoms. The van der Waals surface area contributed by atoms with Gasteiger partial charge in [0.05, 0.1) is 12.6 Å². The van der Waals surface area contributed by atoms with Gasteiger partial charge in [-0.05, 0) is 60.0 Å². The maximum Gasteiger partial charge on any atom is 0.247 e. The van der Waals surface area contributed by atoms with Crippen molar-refractivity contribution in [1.29, 1.82) is 0 Å². The number of rotatable bonds is 6. The number of nitrogens with zero attached hydrogens (tertiary/aromatic N) is 4. The topological polar surface area (TPSA) is 94.0 Å². The van der Waals surface area contributed by atoms with Gasteiger partial charge in [0.1, 0.15) is 11.7 Å². The third-order valence-corrected chi connectivity index (χ3v) is 5.34. The second-order valence-electron chi connectivity index (χ2n) is 7.74. The van der Waals surface area contributed by atoms with Crippen molar-refractivity contribution in [3.05, 3.63) is 71.4 Å². The Hall–Kier alpha value is -3.68. The number of aryl methyl sites for hydroxylation is 2. The van der Waals surface area contributed by atoms with Crippen LogP contribution in [0, 0.1) is 19.8 Å². The predicted molar refractivity (Wildman–Crippen MR) is 119 cm³/mol. The first-order valence-electron chi connectivity index (χ1n) is 10.3. The molecule has 2 unspecified atom stereocenters. The molecule has 8 heteroatoms. The monoisotopic (exact) mass is 418 g/mol. The highest BCUT2D eigenvalue weighted by Gasteiger charge is 2.40. The van der Waals surface area contributed by atoms with Gasteiger partial charge in [0.2, 0.25) is 11.9 Å². The maximum absolute atomic E-state index is 13.4. The van der Waals surface area contributed by atoms with Crippen molar-refractivity contribution >= 4 is 17.5 Å². The van der Waals surface area contributed by atoms with Crippen LogP contribution in [0.5, 0.6) is 5.75 Å². The number of tetrazole rings is 1. The first kappa shape index (κ1) is 20.6. The van der Waals surface area contributed by atoms with Crippen LogP contribution in [0.4, 0.5) is 11.6 Å². The zero-order valence-corrected chi connectivity index (χ0v) is 17.9. The molecule has 2 atom stereocenters. The Bertz CT molecular complexity index is 1110. The van der Waals surface area contributed by atoms with E-state index in [0.717, 1.165) is 34.5 Å². The predicted octanol–water partition coefficient (Wildman–Crippen LogP) is 3.86. The molecule has 0 bridgehead atoms. The standard InChI is InChI=1S/C23H26N6O2/c1-5-12-31-18-9-7-17(8-10-18)21-20(16(4)24-23-26-27-28-29(21)23)22(30)25-19-11-6-14(2)13-15(19)3/h6-11,13,20-21H,4-5,12H2,1-3H3,(H,25,30)(H,24,26,28). The summed E-state index contributed by atoms with van der Waals surface area (Å²) in [6.07, 6.45) is 0.935. The smallest absolute Gasteiger partial charge is 0.247 e. The lowest BCUT2D eigenvalue weighted by Crippen LogP contribution is -2.39. The van der Waals surface area contributed by atoms with Crippen LogP contribution in [-0.2, 0) is 4.79 Å². The third kappa shape index (κ3) is 4.14. The van der Waals surface area contributed by atoms with E-state index in [1.165, 1.54) is 0 Å². The van der Waals surface area contributed by atoms with Gasteiger partial charge in [0.25, 0.3) is 0 Å². The van der Waals surface area contributed by atoms with Crippen LogP contribution in [0.15, 0.2) is 54.7 Å². The number of ether oxygens (including phenoxy) is 1. The normalized spacial score (nSPS) is 17.6. The lowest BCUT2D eigenvalue weighted by Gasteiger charge is -2.33. The second kappa shape index (κ2) is 8.59. The van der Waals surface area contributed by atoms with Crippen molar-refractivity contribution in [2.75, 3.05) is 17.2 Å². The van der Waals surface area contributed by atoms with Gasteiger partial charge in [-0.1, -0.05) is 48.4 Å². The van der Waals surface area contributed by atoms with E-state index in [0.29, 0.717) is 18.3 Å². The molecule has 1 amide bonds. The fraction of sp³-hybridized carbons (Fsp3) is 0.304. The summed E-state index contributed by atoms with van der Waals surface area (Å²) in [5.41, 5.74) is 4.34. The average molecular weight is 419 g/mol. The van der Waals surface area contributed by atoms with Crippen LogP contribution in [-0.4, -0.2) is 32.7 Å². The Morgan fingerprint density at radius 2 is 2.00 bits per heavy atom. The molecule has 0 radical (unpaired) electrons. The molecule has 1 aliphatic heterocycles. The summed E-state index contributed by atoms with van der Waals surface area (Å²) in [6, 6.07) is 13.2. The zero-order valence-electron chi connectivity index (χ0n) is 17.9. The van der Waals surface area contributed by atoms with Gasteiger partial charge in [-0.3, -0.25) is 4.79 Å². The molecule has 0 aliphatic carbocycles. The van der Waals surface area contributed by atoms with Gasteiger partial charge in [0, 0.05) is 11.4 Å². The van der Waals surface area contributed by atoms with E-state index < -0.39 is 12.0 Å². The van der Waals surface area contributed by atoms with Crippen molar-refractivity contribution in [3.8, 4) is 5.75 Å². The molecule has 1 aliphatic rings. The summed E-state index contributed by atoms with van der Waals surface area (Å²) in [4.78, 5) is 13.4. The van der Waals surface area contributed by atoms with Crippen LogP contribution >= 0.6 is 0 Å². The average Bonchev–Trinajstić information content (AvgIpc) is 3.21. The summed E-state index contributed by atoms with van der Waals surface area (Å²) in [5, 5.41) is 18.0. The lowest BCUT2D eigenvalue weighted by atomic mass is 9.88. The van der Waals surface area contributed by atoms with E-state index in [9.17, 15) is 4.79 Å². The number of hydrogen-bond acceptors (Lipinski definition) is 6. The zero-order chi connectivity index (χ0) is 22.0. The Balaban J connectivity index is 1.67. The fourth-order valence-corrected chi connectivity index (χ4v) is 3.80. The minimum atomic E-state index is -0.612. The molecule has 0 saturated heterocycles. The number of nitrogens with one attached hydrogen (secondary N) is 2. The molecule has 8 nitrogen and oxygen atoms in total. The molecule has 2 aromatic carbocycles. The van der Waals surface area contributed by atoms with Gasteiger partial charge in [-0.2, -0.15) is 0 Å². The second-order valence-corrected chi connectivity index (χ2v) is 7.74. The first-order chi connectivity index (χ1) is 15.0. The summed E-state index contributed by atoms with van der Waals surface area (Å²) in [7, 11) is 0. The molecular formula is C23H26N6O2. The van der Waals surface area contributed by atoms with Gasteiger partial charge >= 0.3 is 0 Å². The minimum absolute atomic E-state index is 0.179. The van der Waals surface area contributed by atoms with E-state index in [1.54, 1.807) is 4.68 Å². The number of amides is 1. The highest BCUT2D eigenvalue weighted by atomic mass is 16.5. The summed E-state index contributed by atoms with van der Waals surface area (Å²) in [6.45, 7) is 10.8. The maximum atomic E-state index is 13.4. The Morgan fingerprint density at radius 1 is 1.23 bits per heavy atom. The van der Waals surface area contributed by atoms with Gasteiger partial charge in [0.15, 0.2) is 0 Å². The van der Waals surface area contributed by atoms with Gasteiger partial charge < -0.3 is 15.4 Å². The van der Waals surface area contributed by atoms with Gasteiger partial charge in [-0.25, -0.2) is 4.68 Å². The SMILES string of the molecule is C=C1Nc2nnnn2C(c2ccc(OCCC)cc2)C1C(=O)Nc1ccc(C)cc1C. The number of carbonyl (C=O) groups is 1. The van der Waals surface area contributed by atoms with Crippen LogP contribution < -0.4 is 15.4 Å². The van der Waals surface area contributed by atoms with Crippen LogP contribution in [0.3, 0.4) is 0 Å². The van der Waals surface area contributed by atoms with Crippen molar-refractivity contribution in [1.82, 2.24) is 20.2 Å². The van der Waals surface area contributed by atoms with Crippen molar-refractivity contribution in [2.45, 2.75) is 33.2 Å². The van der Waals surface area contributed by atoms with Crippen molar-refractivity contribution in [2.24, 2.45) is 5.92 Å². The minimum Gasteiger partial charge on any atom is -0.494 e. The molecule has 4 rings (SSSR count). The van der Waals surface area contributed by atoms with Crippen LogP contribution in [0.25, 0.3) is 0 Å². The Morgan fingerprint density at radius 3 is 2.71 bits per heavy atom. The number of anilines is 2. The van der Waals surface area contributed by atoms with E-state index in [4.69, 9.17) is 4.74 Å². The molecule has 31 heavy (non-hydrogen) atoms. The van der Waals surface area contributed by atoms with Crippen molar-refractivity contribution < 1.29 is 9.53 Å². The molecule has 0 saturated carbocycles. The van der Waals surface area contributed by atoms with Crippen LogP contribution in [0.1, 0.15) is 36.1 Å². The summed E-state index contributed by atoms with van der Waals surface area (Å²) >= 11 is 0. The number of hydrogen-bond donors (Lipinski definition) is 2. The number of fused-ring (bicyclic) bond motifs is 1. The molecule has 1 aromatic heterocycles. The quantitative estimate of drug-likeness (QED) is 0.631. The summed E-state index contributed by atoms with van der Waals surface area (Å²) in [5.74, 6) is 0.449. The van der Waals surface area contributed by atoms with Crippen molar-refractivity contribution in [3.63, 3.8) is 0 Å². The molecule has 2 N–H and O–H groups in total.